The number of carbonyl (C=O) groups is 1. The summed E-state index contributed by atoms with van der Waals surface area (Å²) in [7, 11) is 1.61. The van der Waals surface area contributed by atoms with E-state index in [2.05, 4.69) is 21.2 Å². The molecule has 0 atom stereocenters. The quantitative estimate of drug-likeness (QED) is 0.642. The molecule has 25 heavy (non-hydrogen) atoms. The molecule has 0 aliphatic heterocycles. The van der Waals surface area contributed by atoms with Crippen LogP contribution in [-0.4, -0.2) is 13.0 Å². The van der Waals surface area contributed by atoms with Crippen LogP contribution in [-0.2, 0) is 4.79 Å². The number of anilines is 1. The van der Waals surface area contributed by atoms with Gasteiger partial charge in [0.25, 0.3) is 0 Å². The molecule has 0 aliphatic rings. The number of rotatable bonds is 5. The smallest absolute Gasteiger partial charge is 0.236 e. The molecular weight excluding hydrogens is 378 g/mol. The van der Waals surface area contributed by atoms with Crippen molar-refractivity contribution in [2.75, 3.05) is 12.4 Å². The highest BCUT2D eigenvalue weighted by molar-refractivity contribution is 9.10. The van der Waals surface area contributed by atoms with E-state index in [1.807, 2.05) is 78.9 Å². The number of hydrogen-bond donors (Lipinski definition) is 1. The Morgan fingerprint density at radius 2 is 1.48 bits per heavy atom. The molecule has 0 saturated heterocycles. The van der Waals surface area contributed by atoms with Crippen LogP contribution in [0.1, 0.15) is 17.0 Å². The summed E-state index contributed by atoms with van der Waals surface area (Å²) in [6, 6.07) is 25.1. The average molecular weight is 396 g/mol. The highest BCUT2D eigenvalue weighted by Crippen LogP contribution is 2.30. The van der Waals surface area contributed by atoms with Crippen LogP contribution in [0.15, 0.2) is 83.3 Å². The Morgan fingerprint density at radius 1 is 0.920 bits per heavy atom. The highest BCUT2D eigenvalue weighted by Gasteiger charge is 2.22. The molecule has 3 rings (SSSR count). The Hall–Kier alpha value is -2.59. The third-order valence-corrected chi connectivity index (χ3v) is 4.57. The van der Waals surface area contributed by atoms with Gasteiger partial charge in [0, 0.05) is 5.69 Å². The van der Waals surface area contributed by atoms with E-state index in [1.54, 1.807) is 7.11 Å². The van der Waals surface area contributed by atoms with Crippen LogP contribution >= 0.6 is 15.9 Å². The van der Waals surface area contributed by atoms with Gasteiger partial charge in [0.15, 0.2) is 0 Å². The van der Waals surface area contributed by atoms with E-state index in [1.165, 1.54) is 0 Å². The zero-order valence-corrected chi connectivity index (χ0v) is 15.4. The lowest BCUT2D eigenvalue weighted by Gasteiger charge is -2.18. The summed E-state index contributed by atoms with van der Waals surface area (Å²) in [4.78, 5) is 13.0. The van der Waals surface area contributed by atoms with Gasteiger partial charge in [-0.2, -0.15) is 0 Å². The Kier molecular flexibility index (Phi) is 5.51. The number of amides is 1. The van der Waals surface area contributed by atoms with Crippen LogP contribution in [0.5, 0.6) is 5.75 Å². The van der Waals surface area contributed by atoms with Gasteiger partial charge in [0.2, 0.25) is 5.91 Å². The fourth-order valence-corrected chi connectivity index (χ4v) is 3.29. The first-order valence-corrected chi connectivity index (χ1v) is 8.72. The summed E-state index contributed by atoms with van der Waals surface area (Å²) in [6.07, 6.45) is 0. The second-order valence-corrected chi connectivity index (χ2v) is 6.45. The van der Waals surface area contributed by atoms with Crippen molar-refractivity contribution >= 4 is 27.5 Å². The molecule has 0 saturated carbocycles. The predicted octanol–water partition coefficient (Wildman–Crippen LogP) is 5.23. The number of carbonyl (C=O) groups excluding carboxylic acids is 1. The fourth-order valence-electron chi connectivity index (χ4n) is 2.74. The fraction of sp³-hybridized carbons (Fsp3) is 0.0952. The van der Waals surface area contributed by atoms with Crippen LogP contribution < -0.4 is 10.1 Å². The van der Waals surface area contributed by atoms with Crippen LogP contribution in [0.4, 0.5) is 5.69 Å². The number of ether oxygens (including phenoxy) is 1. The predicted molar refractivity (Wildman–Crippen MR) is 104 cm³/mol. The molecule has 3 nitrogen and oxygen atoms in total. The largest absolute Gasteiger partial charge is 0.496 e. The SMILES string of the molecule is COc1ccc(NC(=O)C(c2ccccc2)c2ccccc2)cc1Br. The Morgan fingerprint density at radius 3 is 1.96 bits per heavy atom. The zero-order chi connectivity index (χ0) is 17.6. The Balaban J connectivity index is 1.91. The van der Waals surface area contributed by atoms with E-state index in [4.69, 9.17) is 4.74 Å². The second kappa shape index (κ2) is 7.99. The zero-order valence-electron chi connectivity index (χ0n) is 13.8. The minimum absolute atomic E-state index is 0.0746. The van der Waals surface area contributed by atoms with E-state index in [9.17, 15) is 4.79 Å². The standard InChI is InChI=1S/C21H18BrNO2/c1-25-19-13-12-17(14-18(19)22)23-21(24)20(15-8-4-2-5-9-15)16-10-6-3-7-11-16/h2-14,20H,1H3,(H,23,24). The number of methoxy groups -OCH3 is 1. The van der Waals surface area contributed by atoms with Gasteiger partial charge in [0.1, 0.15) is 5.75 Å². The van der Waals surface area contributed by atoms with Crippen molar-refractivity contribution in [2.24, 2.45) is 0 Å². The van der Waals surface area contributed by atoms with Crippen molar-refractivity contribution < 1.29 is 9.53 Å². The first-order valence-electron chi connectivity index (χ1n) is 7.93. The van der Waals surface area contributed by atoms with Crippen LogP contribution in [0.3, 0.4) is 0 Å². The molecule has 126 valence electrons. The average Bonchev–Trinajstić information content (AvgIpc) is 2.64. The number of hydrogen-bond acceptors (Lipinski definition) is 2. The normalized spacial score (nSPS) is 10.5. The second-order valence-electron chi connectivity index (χ2n) is 5.59. The maximum Gasteiger partial charge on any atom is 0.236 e. The molecular formula is C21H18BrNO2. The van der Waals surface area contributed by atoms with Crippen molar-refractivity contribution in [3.05, 3.63) is 94.5 Å². The van der Waals surface area contributed by atoms with E-state index in [0.29, 0.717) is 0 Å². The molecule has 3 aromatic rings. The molecule has 0 fully saturated rings. The molecule has 4 heteroatoms. The summed E-state index contributed by atoms with van der Waals surface area (Å²) in [5, 5.41) is 3.01. The lowest BCUT2D eigenvalue weighted by atomic mass is 9.90. The van der Waals surface area contributed by atoms with E-state index in [0.717, 1.165) is 27.0 Å². The van der Waals surface area contributed by atoms with Crippen molar-refractivity contribution in [1.29, 1.82) is 0 Å². The van der Waals surface area contributed by atoms with Crippen LogP contribution in [0.2, 0.25) is 0 Å². The summed E-state index contributed by atoms with van der Waals surface area (Å²) < 4.78 is 6.03. The Bertz CT molecular complexity index is 811. The molecule has 0 bridgehead atoms. The number of benzene rings is 3. The van der Waals surface area contributed by atoms with E-state index < -0.39 is 0 Å². The maximum atomic E-state index is 13.0. The molecule has 0 unspecified atom stereocenters. The summed E-state index contributed by atoms with van der Waals surface area (Å²) in [5.41, 5.74) is 2.63. The van der Waals surface area contributed by atoms with Crippen molar-refractivity contribution in [3.63, 3.8) is 0 Å². The summed E-state index contributed by atoms with van der Waals surface area (Å²) >= 11 is 3.45. The lowest BCUT2D eigenvalue weighted by molar-refractivity contribution is -0.116. The number of halogens is 1. The third-order valence-electron chi connectivity index (χ3n) is 3.95. The minimum atomic E-state index is -0.372. The first-order chi connectivity index (χ1) is 12.2. The van der Waals surface area contributed by atoms with Gasteiger partial charge < -0.3 is 10.1 Å². The van der Waals surface area contributed by atoms with Gasteiger partial charge >= 0.3 is 0 Å². The third kappa shape index (κ3) is 4.09. The van der Waals surface area contributed by atoms with Gasteiger partial charge in [-0.15, -0.1) is 0 Å². The molecule has 0 radical (unpaired) electrons. The van der Waals surface area contributed by atoms with Gasteiger partial charge in [-0.25, -0.2) is 0 Å². The van der Waals surface area contributed by atoms with Crippen molar-refractivity contribution in [1.82, 2.24) is 0 Å². The molecule has 1 amide bonds. The molecule has 1 N–H and O–H groups in total. The van der Waals surface area contributed by atoms with Crippen LogP contribution in [0.25, 0.3) is 0 Å². The Labute approximate surface area is 155 Å². The number of nitrogens with one attached hydrogen (secondary N) is 1. The van der Waals surface area contributed by atoms with Crippen molar-refractivity contribution in [3.8, 4) is 5.75 Å². The van der Waals surface area contributed by atoms with Gasteiger partial charge in [-0.3, -0.25) is 4.79 Å². The van der Waals surface area contributed by atoms with Gasteiger partial charge in [0.05, 0.1) is 17.5 Å². The monoisotopic (exact) mass is 395 g/mol. The molecule has 0 spiro atoms. The highest BCUT2D eigenvalue weighted by atomic mass is 79.9. The molecule has 0 aliphatic carbocycles. The molecule has 0 aromatic heterocycles. The van der Waals surface area contributed by atoms with Gasteiger partial charge in [-0.05, 0) is 45.3 Å². The first kappa shape index (κ1) is 17.2. The van der Waals surface area contributed by atoms with Gasteiger partial charge in [-0.1, -0.05) is 60.7 Å². The molecule has 0 heterocycles. The lowest BCUT2D eigenvalue weighted by Crippen LogP contribution is -2.22. The van der Waals surface area contributed by atoms with Crippen molar-refractivity contribution in [2.45, 2.75) is 5.92 Å². The summed E-state index contributed by atoms with van der Waals surface area (Å²) in [6.45, 7) is 0. The van der Waals surface area contributed by atoms with Crippen LogP contribution in [0, 0.1) is 0 Å². The maximum absolute atomic E-state index is 13.0. The molecule has 3 aromatic carbocycles. The van der Waals surface area contributed by atoms with E-state index in [-0.39, 0.29) is 11.8 Å². The topological polar surface area (TPSA) is 38.3 Å². The van der Waals surface area contributed by atoms with E-state index >= 15 is 0 Å². The minimum Gasteiger partial charge on any atom is -0.496 e. The summed E-state index contributed by atoms with van der Waals surface area (Å²) in [5.74, 6) is 0.276.